The summed E-state index contributed by atoms with van der Waals surface area (Å²) in [5.74, 6) is -0.0159. The van der Waals surface area contributed by atoms with Crippen molar-refractivity contribution in [1.29, 1.82) is 0 Å². The molecule has 0 spiro atoms. The van der Waals surface area contributed by atoms with E-state index in [1.54, 1.807) is 0 Å². The van der Waals surface area contributed by atoms with Gasteiger partial charge in [0.05, 0.1) is 5.69 Å². The zero-order valence-corrected chi connectivity index (χ0v) is 9.32. The minimum absolute atomic E-state index is 0.448. The molecule has 0 saturated heterocycles. The number of hydrogen-bond acceptors (Lipinski definition) is 4. The molecule has 0 amide bonds. The lowest BCUT2D eigenvalue weighted by Crippen LogP contribution is -2.49. The van der Waals surface area contributed by atoms with E-state index >= 15 is 0 Å². The first kappa shape index (κ1) is 11.1. The second kappa shape index (κ2) is 4.25. The van der Waals surface area contributed by atoms with Gasteiger partial charge in [-0.25, -0.2) is 0 Å². The van der Waals surface area contributed by atoms with Crippen molar-refractivity contribution in [3.05, 3.63) is 17.5 Å². The molecule has 0 aliphatic heterocycles. The number of carboxylic acids is 1. The summed E-state index contributed by atoms with van der Waals surface area (Å²) in [4.78, 5) is 11.2. The van der Waals surface area contributed by atoms with Crippen molar-refractivity contribution < 1.29 is 14.4 Å². The SMILES string of the molecule is Cc1cc(CNC2(C(=O)O)CCCC2)no1. The first-order valence-electron chi connectivity index (χ1n) is 5.53. The molecule has 88 valence electrons. The van der Waals surface area contributed by atoms with Crippen molar-refractivity contribution in [3.63, 3.8) is 0 Å². The van der Waals surface area contributed by atoms with Crippen LogP contribution in [0.1, 0.15) is 37.1 Å². The van der Waals surface area contributed by atoms with Gasteiger partial charge in [0.1, 0.15) is 11.3 Å². The summed E-state index contributed by atoms with van der Waals surface area (Å²) in [6.45, 7) is 2.27. The first-order chi connectivity index (χ1) is 7.62. The fourth-order valence-corrected chi connectivity index (χ4v) is 2.21. The molecular weight excluding hydrogens is 208 g/mol. The zero-order chi connectivity index (χ0) is 11.6. The lowest BCUT2D eigenvalue weighted by Gasteiger charge is -2.24. The minimum Gasteiger partial charge on any atom is -0.480 e. The Labute approximate surface area is 93.8 Å². The highest BCUT2D eigenvalue weighted by molar-refractivity contribution is 5.79. The maximum Gasteiger partial charge on any atom is 0.323 e. The van der Waals surface area contributed by atoms with Crippen LogP contribution in [0.5, 0.6) is 0 Å². The molecule has 1 saturated carbocycles. The van der Waals surface area contributed by atoms with Gasteiger partial charge in [0, 0.05) is 12.6 Å². The topological polar surface area (TPSA) is 75.4 Å². The highest BCUT2D eigenvalue weighted by atomic mass is 16.5. The molecule has 0 radical (unpaired) electrons. The Morgan fingerprint density at radius 3 is 2.81 bits per heavy atom. The van der Waals surface area contributed by atoms with Crippen LogP contribution in [0.25, 0.3) is 0 Å². The molecule has 0 bridgehead atoms. The van der Waals surface area contributed by atoms with Crippen LogP contribution in [0, 0.1) is 6.92 Å². The standard InChI is InChI=1S/C11H16N2O3/c1-8-6-9(13-16-8)7-12-11(10(14)15)4-2-3-5-11/h6,12H,2-5,7H2,1H3,(H,14,15). The summed E-state index contributed by atoms with van der Waals surface area (Å²) in [7, 11) is 0. The number of carbonyl (C=O) groups is 1. The molecular formula is C11H16N2O3. The summed E-state index contributed by atoms with van der Waals surface area (Å²) < 4.78 is 4.94. The maximum atomic E-state index is 11.2. The molecule has 1 aromatic heterocycles. The van der Waals surface area contributed by atoms with Crippen molar-refractivity contribution in [1.82, 2.24) is 10.5 Å². The van der Waals surface area contributed by atoms with Crippen LogP contribution in [-0.2, 0) is 11.3 Å². The van der Waals surface area contributed by atoms with Crippen molar-refractivity contribution in [2.45, 2.75) is 44.7 Å². The lowest BCUT2D eigenvalue weighted by molar-refractivity contribution is -0.144. The number of hydrogen-bond donors (Lipinski definition) is 2. The van der Waals surface area contributed by atoms with E-state index < -0.39 is 11.5 Å². The number of nitrogens with zero attached hydrogens (tertiary/aromatic N) is 1. The Balaban J connectivity index is 1.99. The van der Waals surface area contributed by atoms with E-state index in [0.29, 0.717) is 19.4 Å². The van der Waals surface area contributed by atoms with Crippen LogP contribution in [-0.4, -0.2) is 21.8 Å². The molecule has 0 aromatic carbocycles. The van der Waals surface area contributed by atoms with Gasteiger partial charge in [0.25, 0.3) is 0 Å². The molecule has 1 fully saturated rings. The van der Waals surface area contributed by atoms with E-state index in [9.17, 15) is 9.90 Å². The van der Waals surface area contributed by atoms with Crippen LogP contribution < -0.4 is 5.32 Å². The maximum absolute atomic E-state index is 11.2. The number of aliphatic carboxylic acids is 1. The Hall–Kier alpha value is -1.36. The second-order valence-corrected chi connectivity index (χ2v) is 4.38. The van der Waals surface area contributed by atoms with E-state index in [4.69, 9.17) is 4.52 Å². The van der Waals surface area contributed by atoms with Crippen molar-refractivity contribution in [3.8, 4) is 0 Å². The highest BCUT2D eigenvalue weighted by Crippen LogP contribution is 2.30. The Kier molecular flexibility index (Phi) is 2.96. The molecule has 1 aliphatic carbocycles. The van der Waals surface area contributed by atoms with Crippen LogP contribution in [0.3, 0.4) is 0 Å². The Bertz CT molecular complexity index is 380. The fraction of sp³-hybridized carbons (Fsp3) is 0.636. The van der Waals surface area contributed by atoms with E-state index in [2.05, 4.69) is 10.5 Å². The molecule has 5 heteroatoms. The van der Waals surface area contributed by atoms with Gasteiger partial charge in [-0.05, 0) is 19.8 Å². The van der Waals surface area contributed by atoms with Crippen LogP contribution in [0.2, 0.25) is 0 Å². The van der Waals surface area contributed by atoms with Gasteiger partial charge in [0.15, 0.2) is 0 Å². The third-order valence-corrected chi connectivity index (χ3v) is 3.15. The predicted molar refractivity (Wildman–Crippen MR) is 56.9 cm³/mol. The third kappa shape index (κ3) is 2.09. The molecule has 1 heterocycles. The fourth-order valence-electron chi connectivity index (χ4n) is 2.21. The van der Waals surface area contributed by atoms with Gasteiger partial charge < -0.3 is 9.63 Å². The molecule has 5 nitrogen and oxygen atoms in total. The summed E-state index contributed by atoms with van der Waals surface area (Å²) in [5.41, 5.74) is -0.00244. The minimum atomic E-state index is -0.759. The lowest BCUT2D eigenvalue weighted by atomic mass is 9.98. The summed E-state index contributed by atoms with van der Waals surface area (Å²) in [6, 6.07) is 1.82. The quantitative estimate of drug-likeness (QED) is 0.810. The molecule has 0 atom stereocenters. The predicted octanol–water partition coefficient (Wildman–Crippen LogP) is 1.47. The molecule has 16 heavy (non-hydrogen) atoms. The second-order valence-electron chi connectivity index (χ2n) is 4.38. The van der Waals surface area contributed by atoms with E-state index in [-0.39, 0.29) is 0 Å². The van der Waals surface area contributed by atoms with E-state index in [1.807, 2.05) is 13.0 Å². The third-order valence-electron chi connectivity index (χ3n) is 3.15. The van der Waals surface area contributed by atoms with Crippen molar-refractivity contribution in [2.75, 3.05) is 0 Å². The smallest absolute Gasteiger partial charge is 0.323 e. The van der Waals surface area contributed by atoms with Crippen LogP contribution >= 0.6 is 0 Å². The molecule has 2 rings (SSSR count). The molecule has 1 aromatic rings. The zero-order valence-electron chi connectivity index (χ0n) is 9.32. The van der Waals surface area contributed by atoms with E-state index in [0.717, 1.165) is 24.3 Å². The largest absolute Gasteiger partial charge is 0.480 e. The monoisotopic (exact) mass is 224 g/mol. The highest BCUT2D eigenvalue weighted by Gasteiger charge is 2.40. The normalized spacial score (nSPS) is 18.8. The van der Waals surface area contributed by atoms with E-state index in [1.165, 1.54) is 0 Å². The van der Waals surface area contributed by atoms with Crippen molar-refractivity contribution in [2.24, 2.45) is 0 Å². The Morgan fingerprint density at radius 1 is 1.62 bits per heavy atom. The van der Waals surface area contributed by atoms with Gasteiger partial charge in [-0.1, -0.05) is 18.0 Å². The number of carboxylic acid groups (broad SMARTS) is 1. The van der Waals surface area contributed by atoms with Crippen molar-refractivity contribution >= 4 is 5.97 Å². The summed E-state index contributed by atoms with van der Waals surface area (Å²) >= 11 is 0. The first-order valence-corrected chi connectivity index (χ1v) is 5.53. The van der Waals surface area contributed by atoms with Gasteiger partial charge in [-0.15, -0.1) is 0 Å². The molecule has 2 N–H and O–H groups in total. The molecule has 1 aliphatic rings. The average molecular weight is 224 g/mol. The summed E-state index contributed by atoms with van der Waals surface area (Å²) in [6.07, 6.45) is 3.33. The van der Waals surface area contributed by atoms with Crippen LogP contribution in [0.4, 0.5) is 0 Å². The van der Waals surface area contributed by atoms with Gasteiger partial charge >= 0.3 is 5.97 Å². The van der Waals surface area contributed by atoms with Gasteiger partial charge in [-0.3, -0.25) is 10.1 Å². The van der Waals surface area contributed by atoms with Gasteiger partial charge in [-0.2, -0.15) is 0 Å². The number of aryl methyl sites for hydroxylation is 1. The Morgan fingerprint density at radius 2 is 2.31 bits per heavy atom. The summed E-state index contributed by atoms with van der Waals surface area (Å²) in [5, 5.41) is 16.2. The van der Waals surface area contributed by atoms with Crippen LogP contribution in [0.15, 0.2) is 10.6 Å². The molecule has 0 unspecified atom stereocenters. The average Bonchev–Trinajstić information content (AvgIpc) is 2.84. The van der Waals surface area contributed by atoms with Gasteiger partial charge in [0.2, 0.25) is 0 Å². The number of nitrogens with one attached hydrogen (secondary N) is 1. The number of aromatic nitrogens is 1. The number of rotatable bonds is 4.